The van der Waals surface area contributed by atoms with Gasteiger partial charge in [-0.3, -0.25) is 0 Å². The number of benzene rings is 1. The molecule has 9 nitrogen and oxygen atoms in total. The molecule has 0 radical (unpaired) electrons. The minimum atomic E-state index is -1.96. The predicted molar refractivity (Wildman–Crippen MR) is 101 cm³/mol. The van der Waals surface area contributed by atoms with Gasteiger partial charge in [-0.05, 0) is 30.7 Å². The molecule has 1 atom stereocenters. The number of pyridine rings is 1. The molecule has 4 aromatic rings. The van der Waals surface area contributed by atoms with E-state index in [1.807, 2.05) is 6.92 Å². The van der Waals surface area contributed by atoms with E-state index in [0.29, 0.717) is 11.9 Å². The molecular weight excluding hydrogens is 396 g/mol. The SMILES string of the molecule is Cc1ccnc(-n2cnn(CC(O)(Cn3cncn3)c3ccc(F)cc3F)c2=O)c1. The highest BCUT2D eigenvalue weighted by Gasteiger charge is 2.35. The van der Waals surface area contributed by atoms with Crippen molar-refractivity contribution in [3.05, 3.63) is 88.8 Å². The number of halogens is 2. The molecule has 1 unspecified atom stereocenters. The molecule has 0 spiro atoms. The first-order chi connectivity index (χ1) is 14.4. The molecule has 0 aliphatic carbocycles. The molecule has 0 aliphatic rings. The Labute approximate surface area is 168 Å². The summed E-state index contributed by atoms with van der Waals surface area (Å²) in [5.74, 6) is -1.38. The monoisotopic (exact) mass is 413 g/mol. The number of aliphatic hydroxyl groups is 1. The molecule has 154 valence electrons. The maximum Gasteiger partial charge on any atom is 0.351 e. The molecule has 0 bridgehead atoms. The van der Waals surface area contributed by atoms with Gasteiger partial charge in [0.05, 0.1) is 13.1 Å². The van der Waals surface area contributed by atoms with Gasteiger partial charge >= 0.3 is 5.69 Å². The zero-order chi connectivity index (χ0) is 21.3. The smallest absolute Gasteiger partial charge is 0.351 e. The van der Waals surface area contributed by atoms with E-state index in [2.05, 4.69) is 20.2 Å². The second-order valence-corrected chi connectivity index (χ2v) is 6.88. The second kappa shape index (κ2) is 7.59. The minimum absolute atomic E-state index is 0.200. The van der Waals surface area contributed by atoms with Crippen LogP contribution >= 0.6 is 0 Å². The second-order valence-electron chi connectivity index (χ2n) is 6.88. The highest BCUT2D eigenvalue weighted by molar-refractivity contribution is 5.27. The summed E-state index contributed by atoms with van der Waals surface area (Å²) in [6, 6.07) is 6.32. The van der Waals surface area contributed by atoms with Crippen LogP contribution in [-0.4, -0.2) is 39.2 Å². The lowest BCUT2D eigenvalue weighted by Gasteiger charge is -2.28. The topological polar surface area (TPSA) is 104 Å². The molecule has 0 saturated carbocycles. The lowest BCUT2D eigenvalue weighted by atomic mass is 9.93. The number of nitrogens with zero attached hydrogens (tertiary/aromatic N) is 7. The van der Waals surface area contributed by atoms with Gasteiger partial charge in [0, 0.05) is 17.8 Å². The Morgan fingerprint density at radius 3 is 2.63 bits per heavy atom. The molecule has 0 amide bonds. The normalized spacial score (nSPS) is 13.3. The van der Waals surface area contributed by atoms with Gasteiger partial charge in [0.2, 0.25) is 0 Å². The first-order valence-electron chi connectivity index (χ1n) is 8.93. The number of rotatable bonds is 6. The fourth-order valence-corrected chi connectivity index (χ4v) is 3.17. The van der Waals surface area contributed by atoms with Gasteiger partial charge in [-0.25, -0.2) is 37.5 Å². The van der Waals surface area contributed by atoms with Crippen LogP contribution in [0.25, 0.3) is 5.82 Å². The molecule has 0 saturated heterocycles. The number of aromatic nitrogens is 7. The Morgan fingerprint density at radius 2 is 1.93 bits per heavy atom. The van der Waals surface area contributed by atoms with E-state index in [1.165, 1.54) is 28.2 Å². The Balaban J connectivity index is 1.75. The van der Waals surface area contributed by atoms with E-state index >= 15 is 0 Å². The zero-order valence-corrected chi connectivity index (χ0v) is 15.9. The maximum absolute atomic E-state index is 14.5. The zero-order valence-electron chi connectivity index (χ0n) is 15.9. The van der Waals surface area contributed by atoms with Gasteiger partial charge in [0.25, 0.3) is 0 Å². The molecule has 3 aromatic heterocycles. The van der Waals surface area contributed by atoms with Crippen molar-refractivity contribution in [2.45, 2.75) is 25.6 Å². The molecule has 4 rings (SSSR count). The average Bonchev–Trinajstić information content (AvgIpc) is 3.32. The molecule has 0 aliphatic heterocycles. The molecule has 11 heteroatoms. The van der Waals surface area contributed by atoms with Crippen LogP contribution in [0.2, 0.25) is 0 Å². The van der Waals surface area contributed by atoms with Gasteiger partial charge < -0.3 is 5.11 Å². The van der Waals surface area contributed by atoms with Gasteiger partial charge in [0.15, 0.2) is 0 Å². The first kappa shape index (κ1) is 19.6. The van der Waals surface area contributed by atoms with Crippen molar-refractivity contribution in [3.63, 3.8) is 0 Å². The summed E-state index contributed by atoms with van der Waals surface area (Å²) >= 11 is 0. The highest BCUT2D eigenvalue weighted by atomic mass is 19.1. The van der Waals surface area contributed by atoms with E-state index in [1.54, 1.807) is 18.3 Å². The fraction of sp³-hybridized carbons (Fsp3) is 0.211. The Bertz CT molecular complexity index is 1240. The van der Waals surface area contributed by atoms with Gasteiger partial charge in [-0.15, -0.1) is 0 Å². The summed E-state index contributed by atoms with van der Waals surface area (Å²) in [5, 5.41) is 19.3. The molecule has 3 heterocycles. The maximum atomic E-state index is 14.5. The third kappa shape index (κ3) is 3.74. The summed E-state index contributed by atoms with van der Waals surface area (Å²) < 4.78 is 31.4. The Kier molecular flexibility index (Phi) is 4.96. The predicted octanol–water partition coefficient (Wildman–Crippen LogP) is 1.20. The summed E-state index contributed by atoms with van der Waals surface area (Å²) in [4.78, 5) is 20.8. The van der Waals surface area contributed by atoms with Crippen LogP contribution in [0.4, 0.5) is 8.78 Å². The van der Waals surface area contributed by atoms with E-state index in [0.717, 1.165) is 22.4 Å². The summed E-state index contributed by atoms with van der Waals surface area (Å²) in [5.41, 5.74) is -1.84. The van der Waals surface area contributed by atoms with E-state index in [4.69, 9.17) is 0 Å². The first-order valence-corrected chi connectivity index (χ1v) is 8.93. The van der Waals surface area contributed by atoms with Crippen LogP contribution in [0.3, 0.4) is 0 Å². The van der Waals surface area contributed by atoms with E-state index < -0.39 is 29.5 Å². The Hall–Kier alpha value is -3.73. The summed E-state index contributed by atoms with van der Waals surface area (Å²) in [6.45, 7) is 1.21. The van der Waals surface area contributed by atoms with Crippen molar-refractivity contribution in [1.29, 1.82) is 0 Å². The molecule has 1 N–H and O–H groups in total. The highest BCUT2D eigenvalue weighted by Crippen LogP contribution is 2.28. The van der Waals surface area contributed by atoms with Crippen molar-refractivity contribution in [3.8, 4) is 5.82 Å². The van der Waals surface area contributed by atoms with Crippen LogP contribution < -0.4 is 5.69 Å². The number of hydrogen-bond acceptors (Lipinski definition) is 6. The van der Waals surface area contributed by atoms with Crippen LogP contribution in [0.1, 0.15) is 11.1 Å². The molecule has 30 heavy (non-hydrogen) atoms. The van der Waals surface area contributed by atoms with Gasteiger partial charge in [-0.1, -0.05) is 6.07 Å². The molecule has 1 aromatic carbocycles. The minimum Gasteiger partial charge on any atom is -0.381 e. The lowest BCUT2D eigenvalue weighted by Crippen LogP contribution is -2.41. The standard InChI is InChI=1S/C19H17F2N7O2/c1-13-4-5-23-17(6-13)27-12-25-28(18(27)29)9-19(30,8-26-11-22-10-24-26)15-3-2-14(20)7-16(15)21/h2-7,10-12,30H,8-9H2,1H3. The van der Waals surface area contributed by atoms with Crippen molar-refractivity contribution in [2.24, 2.45) is 0 Å². The van der Waals surface area contributed by atoms with Crippen molar-refractivity contribution in [1.82, 2.24) is 34.1 Å². The van der Waals surface area contributed by atoms with Crippen LogP contribution in [0.5, 0.6) is 0 Å². The number of aryl methyl sites for hydroxylation is 1. The van der Waals surface area contributed by atoms with Crippen LogP contribution in [0, 0.1) is 18.6 Å². The summed E-state index contributed by atoms with van der Waals surface area (Å²) in [6.07, 6.45) is 5.42. The van der Waals surface area contributed by atoms with Gasteiger partial charge in [-0.2, -0.15) is 10.2 Å². The number of hydrogen-bond donors (Lipinski definition) is 1. The average molecular weight is 413 g/mol. The quantitative estimate of drug-likeness (QED) is 0.509. The van der Waals surface area contributed by atoms with Gasteiger partial charge in [0.1, 0.15) is 42.0 Å². The molecule has 0 fully saturated rings. The van der Waals surface area contributed by atoms with Crippen LogP contribution in [0.15, 0.2) is 60.3 Å². The largest absolute Gasteiger partial charge is 0.381 e. The van der Waals surface area contributed by atoms with E-state index in [-0.39, 0.29) is 12.1 Å². The summed E-state index contributed by atoms with van der Waals surface area (Å²) in [7, 11) is 0. The fourth-order valence-electron chi connectivity index (χ4n) is 3.17. The van der Waals surface area contributed by atoms with Crippen LogP contribution in [-0.2, 0) is 18.7 Å². The lowest BCUT2D eigenvalue weighted by molar-refractivity contribution is -0.00948. The molecular formula is C19H17F2N7O2. The van der Waals surface area contributed by atoms with Crippen molar-refractivity contribution < 1.29 is 13.9 Å². The van der Waals surface area contributed by atoms with Crippen molar-refractivity contribution >= 4 is 0 Å². The third-order valence-electron chi connectivity index (χ3n) is 4.62. The van der Waals surface area contributed by atoms with Crippen molar-refractivity contribution in [2.75, 3.05) is 0 Å². The van der Waals surface area contributed by atoms with E-state index in [9.17, 15) is 18.7 Å². The Morgan fingerprint density at radius 1 is 1.10 bits per heavy atom. The third-order valence-corrected chi connectivity index (χ3v) is 4.62.